The van der Waals surface area contributed by atoms with E-state index < -0.39 is 60.1 Å². The van der Waals surface area contributed by atoms with Crippen LogP contribution in [-0.2, 0) is 19.9 Å². The molecule has 2 aliphatic rings. The highest BCUT2D eigenvalue weighted by Gasteiger charge is 2.58. The maximum atomic E-state index is 13.7. The molecule has 13 heteroatoms. The fourth-order valence-corrected chi connectivity index (χ4v) is 8.51. The first-order valence-electron chi connectivity index (χ1n) is 11.6. The van der Waals surface area contributed by atoms with Crippen LogP contribution in [0.15, 0.2) is 41.3 Å². The van der Waals surface area contributed by atoms with Gasteiger partial charge in [-0.05, 0) is 67.3 Å². The molecule has 0 heterocycles. The number of sulfone groups is 1. The minimum absolute atomic E-state index is 0.0110. The zero-order valence-electron chi connectivity index (χ0n) is 20.0. The van der Waals surface area contributed by atoms with Crippen molar-refractivity contribution in [3.8, 4) is 0 Å². The van der Waals surface area contributed by atoms with Gasteiger partial charge in [0, 0.05) is 23.9 Å². The average Bonchev–Trinajstić information content (AvgIpc) is 2.93. The van der Waals surface area contributed by atoms with E-state index in [1.807, 2.05) is 6.92 Å². The van der Waals surface area contributed by atoms with E-state index in [1.165, 1.54) is 18.2 Å². The molecule has 8 nitrogen and oxygen atoms in total. The number of fused-ring (bicyclic) bond motifs is 2. The molecule has 2 aromatic carbocycles. The molecule has 37 heavy (non-hydrogen) atoms. The van der Waals surface area contributed by atoms with E-state index in [0.29, 0.717) is 6.42 Å². The van der Waals surface area contributed by atoms with E-state index in [4.69, 9.17) is 11.6 Å². The number of nitrogens with one attached hydrogen (secondary N) is 2. The second-order valence-corrected chi connectivity index (χ2v) is 14.4. The summed E-state index contributed by atoms with van der Waals surface area (Å²) in [5, 5.41) is 12.8. The molecule has 0 aromatic heterocycles. The second kappa shape index (κ2) is 9.88. The molecule has 2 aliphatic carbocycles. The number of hydrogen-bond donors (Lipinski definition) is 3. The largest absolute Gasteiger partial charge is 0.388 e. The highest BCUT2D eigenvalue weighted by molar-refractivity contribution is 7.92. The number of halogens is 3. The summed E-state index contributed by atoms with van der Waals surface area (Å²) in [6.45, 7) is 1.71. The number of anilines is 1. The van der Waals surface area contributed by atoms with Crippen LogP contribution in [0.1, 0.15) is 36.5 Å². The molecule has 2 aromatic rings. The van der Waals surface area contributed by atoms with E-state index in [1.54, 1.807) is 0 Å². The first-order valence-corrected chi connectivity index (χ1v) is 15.4. The Morgan fingerprint density at radius 3 is 2.41 bits per heavy atom. The maximum absolute atomic E-state index is 13.7. The Kier molecular flexibility index (Phi) is 7.45. The van der Waals surface area contributed by atoms with E-state index in [9.17, 15) is 35.5 Å². The van der Waals surface area contributed by atoms with Crippen LogP contribution in [0.25, 0.3) is 0 Å². The lowest BCUT2D eigenvalue weighted by molar-refractivity contribution is -0.0576. The van der Waals surface area contributed by atoms with Gasteiger partial charge in [0.25, 0.3) is 5.91 Å². The third-order valence-electron chi connectivity index (χ3n) is 7.49. The van der Waals surface area contributed by atoms with Crippen molar-refractivity contribution in [2.75, 3.05) is 18.1 Å². The van der Waals surface area contributed by atoms with Crippen molar-refractivity contribution in [2.24, 2.45) is 17.8 Å². The molecule has 2 unspecified atom stereocenters. The molecular formula is C24H27ClF2N2O6S2. The normalized spacial score (nSPS) is 27.7. The van der Waals surface area contributed by atoms with Crippen LogP contribution < -0.4 is 10.0 Å². The molecule has 2 fully saturated rings. The standard InChI is InChI=1S/C24H27ClF2N2O6S2/c1-13-7-15-9-17(11-18(13)24(15,31)12-28-36(2,32)33)37(34,35)22-8-14(3-5-19(22)25)23(30)29-16-4-6-20(26)21(27)10-16/h3-6,8,10,13,15,17-18,28,31H,7,9,11-12H2,1-2H3,(H,29,30)/t13-,15?,17+,18?,24+/m0/s1. The van der Waals surface area contributed by atoms with Crippen LogP contribution in [0.2, 0.25) is 5.02 Å². The number of hydrogen-bond acceptors (Lipinski definition) is 6. The zero-order chi connectivity index (χ0) is 27.3. The summed E-state index contributed by atoms with van der Waals surface area (Å²) in [4.78, 5) is 12.5. The maximum Gasteiger partial charge on any atom is 0.255 e. The quantitative estimate of drug-likeness (QED) is 0.463. The molecule has 2 saturated carbocycles. The zero-order valence-corrected chi connectivity index (χ0v) is 22.4. The van der Waals surface area contributed by atoms with Crippen molar-refractivity contribution in [1.82, 2.24) is 4.72 Å². The number of carbonyl (C=O) groups is 1. The Balaban J connectivity index is 1.58. The number of sulfonamides is 1. The summed E-state index contributed by atoms with van der Waals surface area (Å²) in [6.07, 6.45) is 1.74. The fourth-order valence-electron chi connectivity index (χ4n) is 5.64. The van der Waals surface area contributed by atoms with Gasteiger partial charge in [-0.3, -0.25) is 4.79 Å². The van der Waals surface area contributed by atoms with Crippen molar-refractivity contribution < 1.29 is 35.5 Å². The van der Waals surface area contributed by atoms with Crippen LogP contribution in [-0.4, -0.2) is 51.5 Å². The molecule has 3 N–H and O–H groups in total. The predicted molar refractivity (Wildman–Crippen MR) is 135 cm³/mol. The number of benzene rings is 2. The van der Waals surface area contributed by atoms with Gasteiger partial charge in [0.2, 0.25) is 10.0 Å². The lowest BCUT2D eigenvalue weighted by Gasteiger charge is -2.43. The summed E-state index contributed by atoms with van der Waals surface area (Å²) in [5.41, 5.74) is -1.43. The summed E-state index contributed by atoms with van der Waals surface area (Å²) < 4.78 is 79.6. The highest BCUT2D eigenvalue weighted by Crippen LogP contribution is 2.54. The number of amides is 1. The Labute approximate surface area is 219 Å². The lowest BCUT2D eigenvalue weighted by Crippen LogP contribution is -2.55. The van der Waals surface area contributed by atoms with Crippen molar-refractivity contribution in [1.29, 1.82) is 0 Å². The van der Waals surface area contributed by atoms with E-state index in [-0.39, 0.29) is 46.5 Å². The molecule has 1 amide bonds. The monoisotopic (exact) mass is 576 g/mol. The van der Waals surface area contributed by atoms with Crippen molar-refractivity contribution >= 4 is 43.1 Å². The van der Waals surface area contributed by atoms with Gasteiger partial charge in [-0.2, -0.15) is 0 Å². The molecule has 5 atom stereocenters. The van der Waals surface area contributed by atoms with Crippen molar-refractivity contribution in [3.05, 3.63) is 58.6 Å². The van der Waals surface area contributed by atoms with Gasteiger partial charge in [0.15, 0.2) is 21.5 Å². The third kappa shape index (κ3) is 5.53. The molecule has 0 saturated heterocycles. The van der Waals surface area contributed by atoms with E-state index >= 15 is 0 Å². The summed E-state index contributed by atoms with van der Waals surface area (Å²) in [6, 6.07) is 6.57. The average molecular weight is 577 g/mol. The molecule has 2 bridgehead atoms. The number of carbonyl (C=O) groups excluding carboxylic acids is 1. The van der Waals surface area contributed by atoms with Crippen LogP contribution in [0.3, 0.4) is 0 Å². The van der Waals surface area contributed by atoms with Gasteiger partial charge in [0.1, 0.15) is 0 Å². The van der Waals surface area contributed by atoms with Gasteiger partial charge in [-0.15, -0.1) is 0 Å². The summed E-state index contributed by atoms with van der Waals surface area (Å²) >= 11 is 6.25. The van der Waals surface area contributed by atoms with Gasteiger partial charge in [-0.25, -0.2) is 30.3 Å². The third-order valence-corrected chi connectivity index (χ3v) is 10.8. The van der Waals surface area contributed by atoms with Gasteiger partial charge >= 0.3 is 0 Å². The summed E-state index contributed by atoms with van der Waals surface area (Å²) in [7, 11) is -7.60. The topological polar surface area (TPSA) is 130 Å². The van der Waals surface area contributed by atoms with E-state index in [2.05, 4.69) is 10.0 Å². The first-order chi connectivity index (χ1) is 17.1. The lowest BCUT2D eigenvalue weighted by atomic mass is 9.73. The highest BCUT2D eigenvalue weighted by atomic mass is 35.5. The Hall–Kier alpha value is -2.12. The second-order valence-electron chi connectivity index (χ2n) is 9.97. The molecule has 4 rings (SSSR count). The molecule has 202 valence electrons. The predicted octanol–water partition coefficient (Wildman–Crippen LogP) is 3.36. The Morgan fingerprint density at radius 2 is 1.78 bits per heavy atom. The Bertz CT molecular complexity index is 1450. The van der Waals surface area contributed by atoms with Gasteiger partial charge in [-0.1, -0.05) is 18.5 Å². The van der Waals surface area contributed by atoms with Gasteiger partial charge in [0.05, 0.1) is 27.0 Å². The minimum Gasteiger partial charge on any atom is -0.388 e. The van der Waals surface area contributed by atoms with Gasteiger partial charge < -0.3 is 10.4 Å². The van der Waals surface area contributed by atoms with Crippen LogP contribution >= 0.6 is 11.6 Å². The molecule has 0 aliphatic heterocycles. The van der Waals surface area contributed by atoms with Crippen molar-refractivity contribution in [3.63, 3.8) is 0 Å². The van der Waals surface area contributed by atoms with E-state index in [0.717, 1.165) is 24.5 Å². The number of rotatable bonds is 7. The summed E-state index contributed by atoms with van der Waals surface area (Å²) in [5.74, 6) is -3.90. The first kappa shape index (κ1) is 27.9. The SMILES string of the molecule is C[C@H]1CC2C[C@@H](S(=O)(=O)c3cc(C(=O)Nc4ccc(F)c(F)c4)ccc3Cl)CC1[C@@]2(O)CNS(C)(=O)=O. The molecule has 0 spiro atoms. The smallest absolute Gasteiger partial charge is 0.255 e. The number of aliphatic hydroxyl groups is 1. The van der Waals surface area contributed by atoms with Crippen molar-refractivity contribution in [2.45, 2.75) is 41.9 Å². The minimum atomic E-state index is -4.05. The molecule has 0 radical (unpaired) electrons. The Morgan fingerprint density at radius 1 is 1.08 bits per heavy atom. The fraction of sp³-hybridized carbons (Fsp3) is 0.458. The van der Waals surface area contributed by atoms with Crippen LogP contribution in [0.5, 0.6) is 0 Å². The van der Waals surface area contributed by atoms with Crippen LogP contribution in [0.4, 0.5) is 14.5 Å². The molecular weight excluding hydrogens is 550 g/mol. The van der Waals surface area contributed by atoms with Crippen LogP contribution in [0, 0.1) is 29.4 Å².